The topological polar surface area (TPSA) is 44.5 Å². The van der Waals surface area contributed by atoms with Crippen LogP contribution in [0.15, 0.2) is 42.5 Å². The molecule has 0 amide bonds. The van der Waals surface area contributed by atoms with Crippen molar-refractivity contribution >= 4 is 0 Å². The second kappa shape index (κ2) is 5.74. The molecule has 0 saturated heterocycles. The zero-order chi connectivity index (χ0) is 14.8. The van der Waals surface area contributed by atoms with Gasteiger partial charge in [0.15, 0.2) is 0 Å². The Labute approximate surface area is 123 Å². The quantitative estimate of drug-likeness (QED) is 0.916. The van der Waals surface area contributed by atoms with E-state index in [9.17, 15) is 4.39 Å². The Bertz CT molecular complexity index is 623. The molecule has 3 nitrogen and oxygen atoms in total. The maximum atomic E-state index is 14.0. The molecule has 110 valence electrons. The fourth-order valence-corrected chi connectivity index (χ4v) is 2.20. The second-order valence-electron chi connectivity index (χ2n) is 5.25. The van der Waals surface area contributed by atoms with Gasteiger partial charge in [-0.2, -0.15) is 0 Å². The Morgan fingerprint density at radius 1 is 1.10 bits per heavy atom. The number of methoxy groups -OCH3 is 1. The van der Waals surface area contributed by atoms with Crippen molar-refractivity contribution in [2.24, 2.45) is 5.73 Å². The van der Waals surface area contributed by atoms with Crippen molar-refractivity contribution in [3.8, 4) is 11.5 Å². The van der Waals surface area contributed by atoms with Crippen molar-refractivity contribution in [1.29, 1.82) is 0 Å². The van der Waals surface area contributed by atoms with Crippen LogP contribution in [0.25, 0.3) is 0 Å². The normalized spacial score (nSPS) is 15.6. The molecule has 2 aromatic rings. The molecule has 0 aromatic heterocycles. The smallest absolute Gasteiger partial charge is 0.132 e. The Balaban J connectivity index is 1.78. The van der Waals surface area contributed by atoms with Gasteiger partial charge in [-0.3, -0.25) is 0 Å². The van der Waals surface area contributed by atoms with E-state index in [1.165, 1.54) is 13.2 Å². The standard InChI is InChI=1S/C17H18FNO2/c1-20-14-8-9-15(16(18)10-14)17(19)11-2-4-12(5-3-11)21-13-6-7-13/h2-5,8-10,13,17H,6-7,19H2,1H3. The first kappa shape index (κ1) is 13.9. The van der Waals surface area contributed by atoms with Crippen LogP contribution in [0.1, 0.15) is 30.0 Å². The van der Waals surface area contributed by atoms with Gasteiger partial charge in [-0.1, -0.05) is 18.2 Å². The van der Waals surface area contributed by atoms with Crippen LogP contribution < -0.4 is 15.2 Å². The molecule has 0 bridgehead atoms. The molecule has 1 aliphatic carbocycles. The van der Waals surface area contributed by atoms with Gasteiger partial charge in [-0.15, -0.1) is 0 Å². The van der Waals surface area contributed by atoms with E-state index in [1.807, 2.05) is 24.3 Å². The molecule has 1 fully saturated rings. The minimum Gasteiger partial charge on any atom is -0.497 e. The number of halogens is 1. The van der Waals surface area contributed by atoms with Gasteiger partial charge in [0, 0.05) is 11.6 Å². The first-order valence-corrected chi connectivity index (χ1v) is 7.03. The van der Waals surface area contributed by atoms with E-state index < -0.39 is 6.04 Å². The third-order valence-electron chi connectivity index (χ3n) is 3.61. The van der Waals surface area contributed by atoms with E-state index in [4.69, 9.17) is 15.2 Å². The number of nitrogens with two attached hydrogens (primary N) is 1. The molecule has 3 rings (SSSR count). The van der Waals surface area contributed by atoms with E-state index in [0.29, 0.717) is 17.4 Å². The Hall–Kier alpha value is -2.07. The van der Waals surface area contributed by atoms with Crippen molar-refractivity contribution in [3.63, 3.8) is 0 Å². The summed E-state index contributed by atoms with van der Waals surface area (Å²) >= 11 is 0. The highest BCUT2D eigenvalue weighted by atomic mass is 19.1. The van der Waals surface area contributed by atoms with Crippen molar-refractivity contribution in [2.75, 3.05) is 7.11 Å². The molecule has 1 saturated carbocycles. The molecule has 0 spiro atoms. The van der Waals surface area contributed by atoms with Crippen molar-refractivity contribution in [2.45, 2.75) is 25.0 Å². The minimum atomic E-state index is -0.508. The first-order chi connectivity index (χ1) is 10.2. The van der Waals surface area contributed by atoms with E-state index in [0.717, 1.165) is 24.2 Å². The van der Waals surface area contributed by atoms with Gasteiger partial charge < -0.3 is 15.2 Å². The molecule has 1 atom stereocenters. The summed E-state index contributed by atoms with van der Waals surface area (Å²) in [5, 5.41) is 0. The van der Waals surface area contributed by atoms with Gasteiger partial charge in [-0.25, -0.2) is 4.39 Å². The number of hydrogen-bond acceptors (Lipinski definition) is 3. The molecule has 2 N–H and O–H groups in total. The summed E-state index contributed by atoms with van der Waals surface area (Å²) in [6.45, 7) is 0. The Morgan fingerprint density at radius 2 is 1.76 bits per heavy atom. The molecule has 1 unspecified atom stereocenters. The molecule has 1 aliphatic rings. The fraction of sp³-hybridized carbons (Fsp3) is 0.294. The summed E-state index contributed by atoms with van der Waals surface area (Å²) < 4.78 is 24.7. The molecule has 4 heteroatoms. The van der Waals surface area contributed by atoms with E-state index in [-0.39, 0.29) is 5.82 Å². The average Bonchev–Trinajstić information content (AvgIpc) is 3.31. The van der Waals surface area contributed by atoms with Crippen molar-refractivity contribution in [3.05, 3.63) is 59.4 Å². The Morgan fingerprint density at radius 3 is 2.33 bits per heavy atom. The summed E-state index contributed by atoms with van der Waals surface area (Å²) in [5.41, 5.74) is 7.45. The first-order valence-electron chi connectivity index (χ1n) is 7.03. The van der Waals surface area contributed by atoms with Crippen molar-refractivity contribution in [1.82, 2.24) is 0 Å². The van der Waals surface area contributed by atoms with Crippen molar-refractivity contribution < 1.29 is 13.9 Å². The van der Waals surface area contributed by atoms with Crippen LogP contribution in [-0.2, 0) is 0 Å². The highest BCUT2D eigenvalue weighted by Crippen LogP contribution is 2.29. The van der Waals surface area contributed by atoms with Crippen LogP contribution in [0.5, 0.6) is 11.5 Å². The molecule has 2 aromatic carbocycles. The highest BCUT2D eigenvalue weighted by Gasteiger charge is 2.23. The van der Waals surface area contributed by atoms with Gasteiger partial charge in [0.05, 0.1) is 19.3 Å². The van der Waals surface area contributed by atoms with Crippen LogP contribution >= 0.6 is 0 Å². The number of hydrogen-bond donors (Lipinski definition) is 1. The fourth-order valence-electron chi connectivity index (χ4n) is 2.20. The summed E-state index contributed by atoms with van der Waals surface area (Å²) in [7, 11) is 1.51. The molecule has 0 aliphatic heterocycles. The maximum absolute atomic E-state index is 14.0. The van der Waals surface area contributed by atoms with Gasteiger partial charge in [0.2, 0.25) is 0 Å². The monoisotopic (exact) mass is 287 g/mol. The lowest BCUT2D eigenvalue weighted by Crippen LogP contribution is -2.13. The van der Waals surface area contributed by atoms with Crippen LogP contribution in [0.3, 0.4) is 0 Å². The van der Waals surface area contributed by atoms with Gasteiger partial charge in [0.1, 0.15) is 17.3 Å². The average molecular weight is 287 g/mol. The third kappa shape index (κ3) is 3.16. The lowest BCUT2D eigenvalue weighted by molar-refractivity contribution is 0.303. The molecule has 0 radical (unpaired) electrons. The van der Waals surface area contributed by atoms with Gasteiger partial charge in [-0.05, 0) is 36.6 Å². The largest absolute Gasteiger partial charge is 0.497 e. The van der Waals surface area contributed by atoms with E-state index >= 15 is 0 Å². The zero-order valence-electron chi connectivity index (χ0n) is 11.9. The van der Waals surface area contributed by atoms with E-state index in [1.54, 1.807) is 12.1 Å². The SMILES string of the molecule is COc1ccc(C(N)c2ccc(OC3CC3)cc2)c(F)c1. The maximum Gasteiger partial charge on any atom is 0.132 e. The predicted molar refractivity (Wildman–Crippen MR) is 79.1 cm³/mol. The molecule has 0 heterocycles. The second-order valence-corrected chi connectivity index (χ2v) is 5.25. The van der Waals surface area contributed by atoms with Crippen LogP contribution in [0.4, 0.5) is 4.39 Å². The van der Waals surface area contributed by atoms with E-state index in [2.05, 4.69) is 0 Å². The molecular weight excluding hydrogens is 269 g/mol. The number of rotatable bonds is 5. The van der Waals surface area contributed by atoms with Crippen LogP contribution in [0, 0.1) is 5.82 Å². The molecule has 21 heavy (non-hydrogen) atoms. The zero-order valence-corrected chi connectivity index (χ0v) is 11.9. The minimum absolute atomic E-state index is 0.361. The number of benzene rings is 2. The lowest BCUT2D eigenvalue weighted by Gasteiger charge is -2.15. The Kier molecular flexibility index (Phi) is 3.80. The van der Waals surface area contributed by atoms with Crippen LogP contribution in [0.2, 0.25) is 0 Å². The van der Waals surface area contributed by atoms with Gasteiger partial charge >= 0.3 is 0 Å². The third-order valence-corrected chi connectivity index (χ3v) is 3.61. The lowest BCUT2D eigenvalue weighted by atomic mass is 9.99. The molecular formula is C17H18FNO2. The summed E-state index contributed by atoms with van der Waals surface area (Å²) in [5.74, 6) is 0.959. The predicted octanol–water partition coefficient (Wildman–Crippen LogP) is 3.42. The summed E-state index contributed by atoms with van der Waals surface area (Å²) in [6.07, 6.45) is 2.61. The summed E-state index contributed by atoms with van der Waals surface area (Å²) in [6, 6.07) is 11.7. The van der Waals surface area contributed by atoms with Gasteiger partial charge in [0.25, 0.3) is 0 Å². The summed E-state index contributed by atoms with van der Waals surface area (Å²) in [4.78, 5) is 0. The number of ether oxygens (including phenoxy) is 2. The van der Waals surface area contributed by atoms with Crippen LogP contribution in [-0.4, -0.2) is 13.2 Å². The highest BCUT2D eigenvalue weighted by molar-refractivity contribution is 5.38.